The Hall–Kier alpha value is -3.08. The van der Waals surface area contributed by atoms with Crippen molar-refractivity contribution in [3.63, 3.8) is 0 Å². The predicted molar refractivity (Wildman–Crippen MR) is 89.6 cm³/mol. The second-order valence-corrected chi connectivity index (χ2v) is 5.40. The van der Waals surface area contributed by atoms with Gasteiger partial charge in [0.2, 0.25) is 0 Å². The standard InChI is InChI=1S/C18H16F4N4/c1-24-17(26-11-14-6-5-12(9-23)8-16(14)19)25-10-13-3-2-4-15(7-13)18(20,21)22/h2-8H,10-11H2,1H3,(H2,24,25,26). The van der Waals surface area contributed by atoms with E-state index in [2.05, 4.69) is 15.6 Å². The van der Waals surface area contributed by atoms with Gasteiger partial charge in [-0.3, -0.25) is 4.99 Å². The maximum Gasteiger partial charge on any atom is 0.416 e. The zero-order valence-electron chi connectivity index (χ0n) is 13.9. The van der Waals surface area contributed by atoms with Crippen molar-refractivity contribution in [3.8, 4) is 6.07 Å². The summed E-state index contributed by atoms with van der Waals surface area (Å²) >= 11 is 0. The molecule has 0 aliphatic carbocycles. The highest BCUT2D eigenvalue weighted by Gasteiger charge is 2.30. The van der Waals surface area contributed by atoms with Gasteiger partial charge in [-0.15, -0.1) is 0 Å². The summed E-state index contributed by atoms with van der Waals surface area (Å²) in [4.78, 5) is 3.95. The van der Waals surface area contributed by atoms with Crippen LogP contribution in [0.5, 0.6) is 0 Å². The first kappa shape index (κ1) is 19.2. The summed E-state index contributed by atoms with van der Waals surface area (Å²) in [7, 11) is 1.50. The van der Waals surface area contributed by atoms with Gasteiger partial charge in [0, 0.05) is 25.7 Å². The van der Waals surface area contributed by atoms with Gasteiger partial charge in [-0.25, -0.2) is 4.39 Å². The number of rotatable bonds is 4. The molecule has 0 aliphatic rings. The number of halogens is 4. The van der Waals surface area contributed by atoms with Crippen molar-refractivity contribution in [1.82, 2.24) is 10.6 Å². The summed E-state index contributed by atoms with van der Waals surface area (Å²) in [6.07, 6.45) is -4.40. The lowest BCUT2D eigenvalue weighted by molar-refractivity contribution is -0.137. The lowest BCUT2D eigenvalue weighted by Gasteiger charge is -2.13. The molecule has 0 fully saturated rings. The largest absolute Gasteiger partial charge is 0.416 e. The van der Waals surface area contributed by atoms with E-state index >= 15 is 0 Å². The number of hydrogen-bond acceptors (Lipinski definition) is 2. The summed E-state index contributed by atoms with van der Waals surface area (Å²) in [6, 6.07) is 10.9. The highest BCUT2D eigenvalue weighted by molar-refractivity contribution is 5.79. The summed E-state index contributed by atoms with van der Waals surface area (Å²) in [5, 5.41) is 14.5. The Morgan fingerprint density at radius 2 is 1.85 bits per heavy atom. The predicted octanol–water partition coefficient (Wildman–Crippen LogP) is 3.58. The van der Waals surface area contributed by atoms with E-state index in [9.17, 15) is 17.6 Å². The zero-order valence-corrected chi connectivity index (χ0v) is 13.9. The van der Waals surface area contributed by atoms with Gasteiger partial charge in [-0.1, -0.05) is 18.2 Å². The number of alkyl halides is 3. The number of guanidine groups is 1. The summed E-state index contributed by atoms with van der Waals surface area (Å²) < 4.78 is 52.0. The molecular formula is C18H16F4N4. The molecule has 2 rings (SSSR count). The number of benzene rings is 2. The zero-order chi connectivity index (χ0) is 19.2. The number of hydrogen-bond donors (Lipinski definition) is 2. The van der Waals surface area contributed by atoms with Crippen LogP contribution in [0.2, 0.25) is 0 Å². The van der Waals surface area contributed by atoms with E-state index in [-0.39, 0.29) is 18.7 Å². The first-order valence-corrected chi connectivity index (χ1v) is 7.62. The van der Waals surface area contributed by atoms with Crippen LogP contribution in [0.15, 0.2) is 47.5 Å². The number of nitrogens with one attached hydrogen (secondary N) is 2. The molecule has 0 unspecified atom stereocenters. The van der Waals surface area contributed by atoms with Gasteiger partial charge in [-0.05, 0) is 29.8 Å². The number of nitriles is 1. The maximum absolute atomic E-state index is 13.8. The molecule has 26 heavy (non-hydrogen) atoms. The normalized spacial score (nSPS) is 11.8. The fourth-order valence-electron chi connectivity index (χ4n) is 2.20. The lowest BCUT2D eigenvalue weighted by Crippen LogP contribution is -2.36. The van der Waals surface area contributed by atoms with Crippen LogP contribution < -0.4 is 10.6 Å². The Morgan fingerprint density at radius 3 is 2.46 bits per heavy atom. The highest BCUT2D eigenvalue weighted by Crippen LogP contribution is 2.29. The SMILES string of the molecule is CN=C(NCc1cccc(C(F)(F)F)c1)NCc1ccc(C#N)cc1F. The van der Waals surface area contributed by atoms with Crippen LogP contribution >= 0.6 is 0 Å². The quantitative estimate of drug-likeness (QED) is 0.495. The Bertz CT molecular complexity index is 838. The van der Waals surface area contributed by atoms with Crippen LogP contribution in [-0.4, -0.2) is 13.0 Å². The van der Waals surface area contributed by atoms with Gasteiger partial charge in [0.25, 0.3) is 0 Å². The Kier molecular flexibility index (Phi) is 6.17. The first-order valence-electron chi connectivity index (χ1n) is 7.62. The molecule has 2 aromatic carbocycles. The van der Waals surface area contributed by atoms with E-state index < -0.39 is 17.6 Å². The fourth-order valence-corrected chi connectivity index (χ4v) is 2.20. The molecule has 2 aromatic rings. The van der Waals surface area contributed by atoms with E-state index in [0.717, 1.165) is 18.2 Å². The van der Waals surface area contributed by atoms with Crippen LogP contribution in [0.4, 0.5) is 17.6 Å². The minimum atomic E-state index is -4.40. The molecular weight excluding hydrogens is 348 g/mol. The van der Waals surface area contributed by atoms with Gasteiger partial charge in [-0.2, -0.15) is 18.4 Å². The summed E-state index contributed by atoms with van der Waals surface area (Å²) in [6.45, 7) is 0.235. The molecule has 8 heteroatoms. The molecule has 0 bridgehead atoms. The molecule has 136 valence electrons. The van der Waals surface area contributed by atoms with Gasteiger partial charge < -0.3 is 10.6 Å². The van der Waals surface area contributed by atoms with Gasteiger partial charge in [0.1, 0.15) is 5.82 Å². The molecule has 0 radical (unpaired) electrons. The van der Waals surface area contributed by atoms with Gasteiger partial charge in [0.05, 0.1) is 17.2 Å². The number of aliphatic imine (C=N–C) groups is 1. The molecule has 0 saturated carbocycles. The summed E-state index contributed by atoms with van der Waals surface area (Å²) in [5.74, 6) is -0.212. The molecule has 0 spiro atoms. The van der Waals surface area contributed by atoms with E-state index in [1.807, 2.05) is 6.07 Å². The fraction of sp³-hybridized carbons (Fsp3) is 0.222. The smallest absolute Gasteiger partial charge is 0.352 e. The molecule has 0 atom stereocenters. The van der Waals surface area contributed by atoms with E-state index in [4.69, 9.17) is 5.26 Å². The van der Waals surface area contributed by atoms with Crippen molar-refractivity contribution in [2.45, 2.75) is 19.3 Å². The van der Waals surface area contributed by atoms with Crippen LogP contribution in [0.1, 0.15) is 22.3 Å². The third-order valence-corrected chi connectivity index (χ3v) is 3.57. The van der Waals surface area contributed by atoms with Crippen molar-refractivity contribution in [1.29, 1.82) is 5.26 Å². The van der Waals surface area contributed by atoms with E-state index in [1.54, 1.807) is 6.07 Å². The lowest BCUT2D eigenvalue weighted by atomic mass is 10.1. The van der Waals surface area contributed by atoms with Crippen molar-refractivity contribution in [2.24, 2.45) is 4.99 Å². The van der Waals surface area contributed by atoms with Crippen LogP contribution in [0.25, 0.3) is 0 Å². The molecule has 0 aliphatic heterocycles. The first-order chi connectivity index (χ1) is 12.3. The van der Waals surface area contributed by atoms with Gasteiger partial charge in [0.15, 0.2) is 5.96 Å². The number of nitrogens with zero attached hydrogens (tertiary/aromatic N) is 2. The summed E-state index contributed by atoms with van der Waals surface area (Å²) in [5.41, 5.74) is 0.274. The second-order valence-electron chi connectivity index (χ2n) is 5.40. The minimum absolute atomic E-state index is 0.111. The van der Waals surface area contributed by atoms with Crippen molar-refractivity contribution in [3.05, 3.63) is 70.5 Å². The molecule has 0 saturated heterocycles. The van der Waals surface area contributed by atoms with Gasteiger partial charge >= 0.3 is 6.18 Å². The topological polar surface area (TPSA) is 60.2 Å². The molecule has 2 N–H and O–H groups in total. The van der Waals surface area contributed by atoms with Crippen LogP contribution in [-0.2, 0) is 19.3 Å². The average molecular weight is 364 g/mol. The minimum Gasteiger partial charge on any atom is -0.352 e. The van der Waals surface area contributed by atoms with Crippen molar-refractivity contribution >= 4 is 5.96 Å². The molecule has 4 nitrogen and oxygen atoms in total. The van der Waals surface area contributed by atoms with Crippen LogP contribution in [0, 0.1) is 17.1 Å². The Morgan fingerprint density at radius 1 is 1.12 bits per heavy atom. The van der Waals surface area contributed by atoms with Crippen molar-refractivity contribution in [2.75, 3.05) is 7.05 Å². The maximum atomic E-state index is 13.8. The monoisotopic (exact) mass is 364 g/mol. The Labute approximate surface area is 148 Å². The highest BCUT2D eigenvalue weighted by atomic mass is 19.4. The Balaban J connectivity index is 1.96. The average Bonchev–Trinajstić information content (AvgIpc) is 2.62. The molecule has 0 heterocycles. The molecule has 0 aromatic heterocycles. The molecule has 0 amide bonds. The van der Waals surface area contributed by atoms with Crippen molar-refractivity contribution < 1.29 is 17.6 Å². The van der Waals surface area contributed by atoms with E-state index in [0.29, 0.717) is 17.1 Å². The van der Waals surface area contributed by atoms with Crippen LogP contribution in [0.3, 0.4) is 0 Å². The third kappa shape index (κ3) is 5.21. The second kappa shape index (κ2) is 8.34. The van der Waals surface area contributed by atoms with E-state index in [1.165, 1.54) is 25.2 Å². The third-order valence-electron chi connectivity index (χ3n) is 3.57.